The van der Waals surface area contributed by atoms with Crippen LogP contribution in [0.4, 0.5) is 19.2 Å². The smallest absolute Gasteiger partial charge is 0.407 e. The topological polar surface area (TPSA) is 272 Å². The average molecular weight is 1450 g/mol. The van der Waals surface area contributed by atoms with Gasteiger partial charge in [-0.25, -0.2) is 34.1 Å². The molecule has 4 aromatic heterocycles. The van der Waals surface area contributed by atoms with Gasteiger partial charge in [0.05, 0.1) is 54.8 Å². The molecule has 9 atom stereocenters. The van der Waals surface area contributed by atoms with Gasteiger partial charge in [0.2, 0.25) is 11.8 Å². The zero-order valence-electron chi connectivity index (χ0n) is 58.3. The highest BCUT2D eigenvalue weighted by Crippen LogP contribution is 2.29. The SMILES string of the molecule is CNC1CC(C(=O)NC(CCC(Cc2ccccc2)NC(=O)OCc2cncs2)Cc2ccccc2)N(C(=O)N(C)Cc2csc(C(C)Cc3ncc(COC(=O)NC(CCC(Cc4ccccc4)NC(=O)C4CC(N)CN4C(=O)N(C)Cc4csc(C(C)C)n4)Cc4ccccc4)s3)n2)C1. The number of hydrogen-bond acceptors (Lipinski definition) is 18. The van der Waals surface area contributed by atoms with Crippen LogP contribution in [0.25, 0.3) is 0 Å². The Morgan fingerprint density at radius 1 is 0.554 bits per heavy atom. The van der Waals surface area contributed by atoms with E-state index in [9.17, 15) is 28.8 Å². The predicted molar refractivity (Wildman–Crippen MR) is 397 cm³/mol. The Hall–Kier alpha value is -8.66. The summed E-state index contributed by atoms with van der Waals surface area (Å²) < 4.78 is 11.5. The standard InChI is InChI=1S/C75H94N14O8S4/c1-49(2)70-82-61(46-98-70)41-86(5)74(94)88-40-55(76)36-65(88)68(90)80-56(32-51-19-11-7-12-20-51)27-29-59(35-54-25-17-10-18-26-54)85-73(93)97-45-64-39-79-67(101-64)31-50(3)71-83-62(47-99-71)42-87(6)75(95)89-43-60(77-4)37-66(89)69(91)81-57(33-52-21-13-8-14-22-52)28-30-58(34-53-23-15-9-16-24-53)84-72(92)96-44-63-38-78-48-100-63/h7-26,38-39,46-50,55-60,65-66,77H,27-37,40-45,76H2,1-6H3,(H,80,90)(H,81,91)(H,84,92)(H,85,93). The molecule has 8 amide bonds. The van der Waals surface area contributed by atoms with Crippen LogP contribution in [-0.4, -0.2) is 158 Å². The highest BCUT2D eigenvalue weighted by atomic mass is 32.1. The molecule has 22 nitrogen and oxygen atoms in total. The normalized spacial score (nSPS) is 17.3. The Kier molecular flexibility index (Phi) is 27.7. The third kappa shape index (κ3) is 22.7. The monoisotopic (exact) mass is 1450 g/mol. The van der Waals surface area contributed by atoms with Gasteiger partial charge >= 0.3 is 24.2 Å². The lowest BCUT2D eigenvalue weighted by Crippen LogP contribution is -2.52. The molecule has 2 aliphatic rings. The summed E-state index contributed by atoms with van der Waals surface area (Å²) in [6.45, 7) is 7.56. The van der Waals surface area contributed by atoms with Gasteiger partial charge in [0.1, 0.15) is 25.3 Å². The van der Waals surface area contributed by atoms with E-state index in [0.29, 0.717) is 83.7 Å². The second-order valence-electron chi connectivity index (χ2n) is 26.8. The fourth-order valence-corrected chi connectivity index (χ4v) is 16.1. The molecule has 7 N–H and O–H groups in total. The fraction of sp³-hybridized carbons (Fsp3) is 0.440. The first-order valence-corrected chi connectivity index (χ1v) is 38.1. The zero-order chi connectivity index (χ0) is 71.2. The molecule has 0 aliphatic carbocycles. The molecule has 0 saturated carbocycles. The molecule has 0 bridgehead atoms. The third-order valence-electron chi connectivity index (χ3n) is 18.3. The molecular formula is C75H94N14O8S4. The summed E-state index contributed by atoms with van der Waals surface area (Å²) in [6.07, 6.45) is 8.00. The van der Waals surface area contributed by atoms with Crippen LogP contribution < -0.4 is 32.3 Å². The molecule has 10 rings (SSSR count). The van der Waals surface area contributed by atoms with Gasteiger partial charge < -0.3 is 61.4 Å². The highest BCUT2D eigenvalue weighted by Gasteiger charge is 2.42. The summed E-state index contributed by atoms with van der Waals surface area (Å²) in [5, 5.41) is 22.9. The second-order valence-corrected chi connectivity index (χ2v) is 30.7. The summed E-state index contributed by atoms with van der Waals surface area (Å²) in [6, 6.07) is 36.1. The molecule has 536 valence electrons. The Morgan fingerprint density at radius 3 is 1.44 bits per heavy atom. The largest absolute Gasteiger partial charge is 0.444 e. The number of amides is 8. The van der Waals surface area contributed by atoms with Crippen molar-refractivity contribution in [2.24, 2.45) is 5.73 Å². The number of aromatic nitrogens is 4. The number of nitrogens with one attached hydrogen (secondary N) is 5. The van der Waals surface area contributed by atoms with Gasteiger partial charge in [-0.2, -0.15) is 0 Å². The summed E-state index contributed by atoms with van der Waals surface area (Å²) in [7, 11) is 5.31. The quantitative estimate of drug-likeness (QED) is 0.0223. The van der Waals surface area contributed by atoms with E-state index < -0.39 is 24.3 Å². The van der Waals surface area contributed by atoms with Gasteiger partial charge in [0.25, 0.3) is 0 Å². The number of likely N-dealkylation sites (N-methyl/N-ethyl adjacent to an activating group) is 1. The number of nitrogens with two attached hydrogens (primary N) is 1. The Balaban J connectivity index is 0.716. The number of carbonyl (C=O) groups is 6. The number of ether oxygens (including phenoxy) is 2. The van der Waals surface area contributed by atoms with Crippen LogP contribution in [0.2, 0.25) is 0 Å². The molecular weight excluding hydrogens is 1350 g/mol. The van der Waals surface area contributed by atoms with Crippen molar-refractivity contribution in [3.63, 3.8) is 0 Å². The van der Waals surface area contributed by atoms with Crippen LogP contribution in [-0.2, 0) is 77.5 Å². The van der Waals surface area contributed by atoms with E-state index in [0.717, 1.165) is 58.4 Å². The van der Waals surface area contributed by atoms with Crippen molar-refractivity contribution in [3.8, 4) is 0 Å². The first-order chi connectivity index (χ1) is 48.9. The van der Waals surface area contributed by atoms with Crippen molar-refractivity contribution in [2.45, 2.75) is 178 Å². The number of hydrogen-bond donors (Lipinski definition) is 6. The van der Waals surface area contributed by atoms with E-state index in [2.05, 4.69) is 52.3 Å². The van der Waals surface area contributed by atoms with Crippen molar-refractivity contribution in [1.82, 2.24) is 66.1 Å². The summed E-state index contributed by atoms with van der Waals surface area (Å²) in [5.41, 5.74) is 13.9. The van der Waals surface area contributed by atoms with E-state index in [1.165, 1.54) is 34.0 Å². The maximum Gasteiger partial charge on any atom is 0.407 e. The van der Waals surface area contributed by atoms with E-state index >= 15 is 0 Å². The first kappa shape index (κ1) is 75.0. The van der Waals surface area contributed by atoms with Gasteiger partial charge in [0, 0.05) is 105 Å². The molecule has 0 spiro atoms. The average Bonchev–Trinajstić information content (AvgIpc) is 1.69. The minimum atomic E-state index is -0.756. The molecule has 101 heavy (non-hydrogen) atoms. The van der Waals surface area contributed by atoms with Gasteiger partial charge in [-0.05, 0) is 93.5 Å². The first-order valence-electron chi connectivity index (χ1n) is 34.7. The minimum Gasteiger partial charge on any atom is -0.444 e. The van der Waals surface area contributed by atoms with Crippen LogP contribution in [0.15, 0.2) is 150 Å². The van der Waals surface area contributed by atoms with E-state index in [-0.39, 0.29) is 98.3 Å². The second kappa shape index (κ2) is 37.3. The number of likely N-dealkylation sites (tertiary alicyclic amines) is 2. The van der Waals surface area contributed by atoms with Crippen molar-refractivity contribution in [1.29, 1.82) is 0 Å². The number of benzene rings is 4. The van der Waals surface area contributed by atoms with Crippen molar-refractivity contribution >= 4 is 81.4 Å². The van der Waals surface area contributed by atoms with Crippen LogP contribution >= 0.6 is 45.3 Å². The van der Waals surface area contributed by atoms with Crippen LogP contribution in [0.5, 0.6) is 0 Å². The molecule has 2 saturated heterocycles. The minimum absolute atomic E-state index is 0.0111. The lowest BCUT2D eigenvalue weighted by molar-refractivity contribution is -0.126. The Bertz CT molecular complexity index is 3900. The summed E-state index contributed by atoms with van der Waals surface area (Å²) in [5.74, 6) is -0.231. The number of carbonyl (C=O) groups excluding carboxylic acids is 6. The Morgan fingerprint density at radius 2 is 0.990 bits per heavy atom. The summed E-state index contributed by atoms with van der Waals surface area (Å²) in [4.78, 5) is 111. The molecule has 0 radical (unpaired) electrons. The maximum absolute atomic E-state index is 14.6. The lowest BCUT2D eigenvalue weighted by atomic mass is 9.95. The number of nitrogens with zero attached hydrogens (tertiary/aromatic N) is 8. The molecule has 2 aliphatic heterocycles. The number of rotatable bonds is 33. The lowest BCUT2D eigenvalue weighted by Gasteiger charge is -2.30. The predicted octanol–water partition coefficient (Wildman–Crippen LogP) is 11.2. The van der Waals surface area contributed by atoms with Crippen molar-refractivity contribution < 1.29 is 38.2 Å². The van der Waals surface area contributed by atoms with Crippen molar-refractivity contribution in [2.75, 3.05) is 34.2 Å². The van der Waals surface area contributed by atoms with Gasteiger partial charge in [0.15, 0.2) is 0 Å². The fourth-order valence-electron chi connectivity index (χ4n) is 12.9. The third-order valence-corrected chi connectivity index (χ3v) is 22.3. The van der Waals surface area contributed by atoms with Gasteiger partial charge in [-0.1, -0.05) is 142 Å². The number of thiazole rings is 4. The van der Waals surface area contributed by atoms with E-state index in [1.54, 1.807) is 62.9 Å². The van der Waals surface area contributed by atoms with E-state index in [4.69, 9.17) is 30.2 Å². The molecule has 26 heteroatoms. The Labute approximate surface area is 608 Å². The van der Waals surface area contributed by atoms with Crippen LogP contribution in [0.3, 0.4) is 0 Å². The molecule has 4 aromatic carbocycles. The molecule has 8 aromatic rings. The molecule has 2 fully saturated rings. The number of alkyl carbamates (subject to hydrolysis) is 2. The zero-order valence-corrected chi connectivity index (χ0v) is 61.5. The van der Waals surface area contributed by atoms with Gasteiger partial charge in [-0.15, -0.1) is 45.3 Å². The summed E-state index contributed by atoms with van der Waals surface area (Å²) >= 11 is 5.99. The van der Waals surface area contributed by atoms with E-state index in [1.807, 2.05) is 139 Å². The molecule has 6 heterocycles. The molecule has 9 unspecified atom stereocenters. The van der Waals surface area contributed by atoms with Crippen LogP contribution in [0.1, 0.15) is 130 Å². The van der Waals surface area contributed by atoms with Crippen LogP contribution in [0, 0.1) is 0 Å². The van der Waals surface area contributed by atoms with Gasteiger partial charge in [-0.3, -0.25) is 14.6 Å². The van der Waals surface area contributed by atoms with Crippen molar-refractivity contribution in [3.05, 3.63) is 208 Å². The highest BCUT2D eigenvalue weighted by molar-refractivity contribution is 7.11. The maximum atomic E-state index is 14.6. The number of urea groups is 2.